The van der Waals surface area contributed by atoms with Crippen molar-refractivity contribution in [3.63, 3.8) is 0 Å². The number of halogens is 1. The summed E-state index contributed by atoms with van der Waals surface area (Å²) < 4.78 is 1.49. The molecular formula is C21H22IN. The number of benzene rings is 1. The number of hydrogen-bond donors (Lipinski definition) is 0. The fourth-order valence-electron chi connectivity index (χ4n) is 4.08. The first-order chi connectivity index (χ1) is 11.1. The lowest BCUT2D eigenvalue weighted by Crippen LogP contribution is -2.34. The molecule has 0 saturated carbocycles. The Bertz CT molecular complexity index is 753. The second-order valence-electron chi connectivity index (χ2n) is 6.78. The summed E-state index contributed by atoms with van der Waals surface area (Å²) in [7, 11) is 0. The summed E-state index contributed by atoms with van der Waals surface area (Å²) in [6, 6.07) is 9.36. The van der Waals surface area contributed by atoms with E-state index in [0.29, 0.717) is 17.9 Å². The Balaban J connectivity index is 1.83. The highest BCUT2D eigenvalue weighted by atomic mass is 127. The van der Waals surface area contributed by atoms with Gasteiger partial charge in [0.05, 0.1) is 6.04 Å². The van der Waals surface area contributed by atoms with E-state index in [0.717, 1.165) is 6.42 Å². The maximum absolute atomic E-state index is 2.60. The third-order valence-corrected chi connectivity index (χ3v) is 6.03. The van der Waals surface area contributed by atoms with E-state index in [9.17, 15) is 0 Å². The molecule has 0 aromatic heterocycles. The summed E-state index contributed by atoms with van der Waals surface area (Å²) in [4.78, 5) is 2.60. The molecule has 1 aromatic carbocycles. The van der Waals surface area contributed by atoms with Gasteiger partial charge < -0.3 is 4.90 Å². The molecule has 3 atom stereocenters. The van der Waals surface area contributed by atoms with Crippen molar-refractivity contribution < 1.29 is 0 Å². The SMILES string of the molecule is CC1=CC2C(C=C1)c1ccccc1N2C1=CCCC(I)=C[C@H]1C. The highest BCUT2D eigenvalue weighted by molar-refractivity contribution is 14.1. The molecule has 0 saturated heterocycles. The lowest BCUT2D eigenvalue weighted by molar-refractivity contribution is 0.673. The first-order valence-electron chi connectivity index (χ1n) is 8.46. The summed E-state index contributed by atoms with van der Waals surface area (Å²) >= 11 is 2.50. The number of fused-ring (bicyclic) bond motifs is 3. The van der Waals surface area contributed by atoms with E-state index in [1.165, 1.54) is 32.5 Å². The van der Waals surface area contributed by atoms with E-state index in [1.807, 2.05) is 0 Å². The molecule has 1 heterocycles. The first-order valence-corrected chi connectivity index (χ1v) is 9.54. The number of para-hydroxylation sites is 1. The molecule has 1 nitrogen and oxygen atoms in total. The molecule has 0 radical (unpaired) electrons. The normalized spacial score (nSPS) is 29.3. The molecule has 2 aliphatic carbocycles. The number of rotatable bonds is 1. The largest absolute Gasteiger partial charge is 0.337 e. The van der Waals surface area contributed by atoms with Gasteiger partial charge in [-0.25, -0.2) is 0 Å². The van der Waals surface area contributed by atoms with Crippen LogP contribution in [0.25, 0.3) is 0 Å². The fourth-order valence-corrected chi connectivity index (χ4v) is 4.93. The maximum atomic E-state index is 2.60. The van der Waals surface area contributed by atoms with Crippen molar-refractivity contribution in [3.8, 4) is 0 Å². The zero-order valence-electron chi connectivity index (χ0n) is 13.7. The number of allylic oxidation sites excluding steroid dienone is 5. The second kappa shape index (κ2) is 5.97. The highest BCUT2D eigenvalue weighted by Gasteiger charge is 2.39. The van der Waals surface area contributed by atoms with Gasteiger partial charge >= 0.3 is 0 Å². The van der Waals surface area contributed by atoms with Crippen LogP contribution in [0.1, 0.15) is 38.2 Å². The number of hydrogen-bond acceptors (Lipinski definition) is 1. The van der Waals surface area contributed by atoms with Crippen LogP contribution in [-0.2, 0) is 0 Å². The smallest absolute Gasteiger partial charge is 0.0629 e. The van der Waals surface area contributed by atoms with E-state index in [-0.39, 0.29) is 0 Å². The van der Waals surface area contributed by atoms with Gasteiger partial charge in [0, 0.05) is 23.2 Å². The van der Waals surface area contributed by atoms with Crippen molar-refractivity contribution in [2.45, 2.75) is 38.6 Å². The molecule has 0 bridgehead atoms. The zero-order chi connectivity index (χ0) is 16.0. The molecule has 3 aliphatic rings. The van der Waals surface area contributed by atoms with E-state index in [1.54, 1.807) is 0 Å². The van der Waals surface area contributed by atoms with E-state index >= 15 is 0 Å². The molecule has 0 N–H and O–H groups in total. The minimum Gasteiger partial charge on any atom is -0.337 e. The molecule has 1 aromatic rings. The van der Waals surface area contributed by atoms with E-state index < -0.39 is 0 Å². The monoisotopic (exact) mass is 415 g/mol. The van der Waals surface area contributed by atoms with Crippen LogP contribution < -0.4 is 4.90 Å². The lowest BCUT2D eigenvalue weighted by Gasteiger charge is -2.33. The van der Waals surface area contributed by atoms with Crippen molar-refractivity contribution in [2.24, 2.45) is 5.92 Å². The van der Waals surface area contributed by atoms with Crippen molar-refractivity contribution in [2.75, 3.05) is 4.90 Å². The van der Waals surface area contributed by atoms with Crippen LogP contribution in [-0.4, -0.2) is 6.04 Å². The summed E-state index contributed by atoms with van der Waals surface area (Å²) in [6.45, 7) is 4.54. The highest BCUT2D eigenvalue weighted by Crippen LogP contribution is 2.48. The van der Waals surface area contributed by atoms with Gasteiger partial charge in [-0.3, -0.25) is 0 Å². The molecule has 23 heavy (non-hydrogen) atoms. The molecule has 0 spiro atoms. The zero-order valence-corrected chi connectivity index (χ0v) is 15.8. The number of nitrogens with zero attached hydrogens (tertiary/aromatic N) is 1. The molecule has 2 heteroatoms. The van der Waals surface area contributed by atoms with Crippen molar-refractivity contribution in [1.29, 1.82) is 0 Å². The first kappa shape index (κ1) is 15.3. The van der Waals surface area contributed by atoms with Gasteiger partial charge in [-0.2, -0.15) is 0 Å². The molecule has 118 valence electrons. The van der Waals surface area contributed by atoms with Crippen LogP contribution in [0.15, 0.2) is 69.5 Å². The predicted molar refractivity (Wildman–Crippen MR) is 107 cm³/mol. The predicted octanol–water partition coefficient (Wildman–Crippen LogP) is 6.11. The molecule has 1 aliphatic heterocycles. The van der Waals surface area contributed by atoms with Gasteiger partial charge in [-0.1, -0.05) is 61.1 Å². The Hall–Kier alpha value is -1.29. The Morgan fingerprint density at radius 2 is 2.00 bits per heavy atom. The van der Waals surface area contributed by atoms with Crippen LogP contribution in [0, 0.1) is 5.92 Å². The molecule has 0 amide bonds. The maximum Gasteiger partial charge on any atom is 0.0629 e. The van der Waals surface area contributed by atoms with Crippen molar-refractivity contribution in [1.82, 2.24) is 0 Å². The van der Waals surface area contributed by atoms with E-state index in [2.05, 4.69) is 96.0 Å². The Morgan fingerprint density at radius 1 is 1.17 bits per heavy atom. The quantitative estimate of drug-likeness (QED) is 0.501. The average Bonchev–Trinajstić information content (AvgIpc) is 2.74. The van der Waals surface area contributed by atoms with Crippen LogP contribution in [0.3, 0.4) is 0 Å². The Labute approximate surface area is 152 Å². The summed E-state index contributed by atoms with van der Waals surface area (Å²) in [5.74, 6) is 0.949. The summed E-state index contributed by atoms with van der Waals surface area (Å²) in [5.41, 5.74) is 5.70. The fraction of sp³-hybridized carbons (Fsp3) is 0.333. The van der Waals surface area contributed by atoms with Crippen molar-refractivity contribution in [3.05, 3.63) is 75.1 Å². The van der Waals surface area contributed by atoms with Gasteiger partial charge in [0.1, 0.15) is 0 Å². The van der Waals surface area contributed by atoms with Gasteiger partial charge in [0.15, 0.2) is 0 Å². The van der Waals surface area contributed by atoms with Crippen molar-refractivity contribution >= 4 is 28.3 Å². The van der Waals surface area contributed by atoms with Crippen LogP contribution >= 0.6 is 22.6 Å². The molecule has 0 fully saturated rings. The standard InChI is InChI=1S/C21H22IN/c1-14-10-11-18-17-7-3-4-8-20(17)23(21(18)12-14)19-9-5-6-16(22)13-15(19)2/h3-4,7-13,15,18,21H,5-6H2,1-2H3/t15-,18?,21?/m1/s1. The van der Waals surface area contributed by atoms with Crippen LogP contribution in [0.5, 0.6) is 0 Å². The van der Waals surface area contributed by atoms with Gasteiger partial charge in [-0.15, -0.1) is 0 Å². The Morgan fingerprint density at radius 3 is 2.87 bits per heavy atom. The molecule has 4 rings (SSSR count). The number of anilines is 1. The minimum atomic E-state index is 0.426. The molecular weight excluding hydrogens is 393 g/mol. The van der Waals surface area contributed by atoms with Gasteiger partial charge in [0.2, 0.25) is 0 Å². The average molecular weight is 415 g/mol. The topological polar surface area (TPSA) is 3.24 Å². The third-order valence-electron chi connectivity index (χ3n) is 5.13. The van der Waals surface area contributed by atoms with Gasteiger partial charge in [0.25, 0.3) is 0 Å². The van der Waals surface area contributed by atoms with Crippen LogP contribution in [0.2, 0.25) is 0 Å². The minimum absolute atomic E-state index is 0.426. The lowest BCUT2D eigenvalue weighted by atomic mass is 9.89. The molecule has 2 unspecified atom stereocenters. The van der Waals surface area contributed by atoms with E-state index in [4.69, 9.17) is 0 Å². The van der Waals surface area contributed by atoms with Gasteiger partial charge in [-0.05, 0) is 57.6 Å². The Kier molecular flexibility index (Phi) is 3.96. The van der Waals surface area contributed by atoms with Crippen LogP contribution in [0.4, 0.5) is 5.69 Å². The second-order valence-corrected chi connectivity index (χ2v) is 8.17. The third kappa shape index (κ3) is 2.61. The summed E-state index contributed by atoms with van der Waals surface area (Å²) in [6.07, 6.45) is 14.3. The summed E-state index contributed by atoms with van der Waals surface area (Å²) in [5, 5.41) is 0.